The lowest BCUT2D eigenvalue weighted by molar-refractivity contribution is 0.0842. The van der Waals surface area contributed by atoms with Gasteiger partial charge in [-0.1, -0.05) is 5.16 Å². The van der Waals surface area contributed by atoms with E-state index < -0.39 is 0 Å². The largest absolute Gasteiger partial charge is 0.373 e. The average Bonchev–Trinajstić information content (AvgIpc) is 3.04. The maximum Gasteiger partial charge on any atom is 0.259 e. The molecule has 2 saturated heterocycles. The zero-order valence-electron chi connectivity index (χ0n) is 13.0. The summed E-state index contributed by atoms with van der Waals surface area (Å²) in [6, 6.07) is 2.04. The van der Waals surface area contributed by atoms with Gasteiger partial charge in [-0.05, 0) is 45.1 Å². The van der Waals surface area contributed by atoms with Crippen LogP contribution in [0.2, 0.25) is 0 Å². The summed E-state index contributed by atoms with van der Waals surface area (Å²) in [6.45, 7) is 1.85. The molecule has 2 aromatic rings. The van der Waals surface area contributed by atoms with E-state index in [4.69, 9.17) is 9.26 Å². The first-order chi connectivity index (χ1) is 11.2. The molecule has 1 amide bonds. The second-order valence-electron chi connectivity index (χ2n) is 7.01. The first-order valence-electron chi connectivity index (χ1n) is 8.42. The Hall–Kier alpha value is -1.95. The van der Waals surface area contributed by atoms with Gasteiger partial charge in [-0.25, -0.2) is 4.98 Å². The summed E-state index contributed by atoms with van der Waals surface area (Å²) in [7, 11) is 0. The maximum atomic E-state index is 12.9. The van der Waals surface area contributed by atoms with E-state index in [1.54, 1.807) is 0 Å². The van der Waals surface area contributed by atoms with Crippen LogP contribution >= 0.6 is 0 Å². The normalized spacial score (nSPS) is 29.3. The standard InChI is InChI=1S/C17H19N3O3/c1-8-15-11(7-12(9-2-3-9)19-17(15)23-20-8)16(21)18-13-6-10-4-5-14(13)22-10/h7,9-10,13-14H,2-6H2,1H3,(H,18,21)/t10-,13+,14-/m1/s1. The van der Waals surface area contributed by atoms with Gasteiger partial charge >= 0.3 is 0 Å². The lowest BCUT2D eigenvalue weighted by atomic mass is 9.95. The topological polar surface area (TPSA) is 77.2 Å². The summed E-state index contributed by atoms with van der Waals surface area (Å²) in [5, 5.41) is 7.88. The second kappa shape index (κ2) is 4.77. The average molecular weight is 313 g/mol. The van der Waals surface area contributed by atoms with Gasteiger partial charge < -0.3 is 14.6 Å². The summed E-state index contributed by atoms with van der Waals surface area (Å²) >= 11 is 0. The lowest BCUT2D eigenvalue weighted by Crippen LogP contribution is -2.41. The smallest absolute Gasteiger partial charge is 0.259 e. The Morgan fingerprint density at radius 3 is 2.87 bits per heavy atom. The van der Waals surface area contributed by atoms with E-state index in [1.807, 2.05) is 13.0 Å². The van der Waals surface area contributed by atoms with Gasteiger partial charge in [-0.3, -0.25) is 4.79 Å². The molecule has 2 bridgehead atoms. The molecule has 6 heteroatoms. The molecule has 0 radical (unpaired) electrons. The third-order valence-electron chi connectivity index (χ3n) is 5.30. The SMILES string of the molecule is Cc1noc2nc(C3CC3)cc(C(=O)N[C@H]3C[C@H]4CC[C@H]3O4)c12. The number of hydrogen-bond acceptors (Lipinski definition) is 5. The highest BCUT2D eigenvalue weighted by molar-refractivity contribution is 6.06. The van der Waals surface area contributed by atoms with Crippen molar-refractivity contribution in [2.24, 2.45) is 0 Å². The van der Waals surface area contributed by atoms with E-state index in [2.05, 4.69) is 15.5 Å². The minimum atomic E-state index is -0.0632. The van der Waals surface area contributed by atoms with E-state index >= 15 is 0 Å². The molecule has 1 saturated carbocycles. The Balaban J connectivity index is 1.50. The fourth-order valence-corrected chi connectivity index (χ4v) is 3.92. The van der Waals surface area contributed by atoms with E-state index in [0.29, 0.717) is 29.0 Å². The number of carbonyl (C=O) groups excluding carboxylic acids is 1. The van der Waals surface area contributed by atoms with Gasteiger partial charge in [0.25, 0.3) is 11.6 Å². The first-order valence-corrected chi connectivity index (χ1v) is 8.42. The zero-order chi connectivity index (χ0) is 15.6. The molecule has 6 nitrogen and oxygen atoms in total. The molecular weight excluding hydrogens is 294 g/mol. The fourth-order valence-electron chi connectivity index (χ4n) is 3.92. The number of hydrogen-bond donors (Lipinski definition) is 1. The summed E-state index contributed by atoms with van der Waals surface area (Å²) in [5.41, 5.74) is 2.77. The van der Waals surface area contributed by atoms with Crippen molar-refractivity contribution in [3.63, 3.8) is 0 Å². The minimum Gasteiger partial charge on any atom is -0.373 e. The van der Waals surface area contributed by atoms with Gasteiger partial charge in [0, 0.05) is 11.6 Å². The van der Waals surface area contributed by atoms with Crippen LogP contribution in [0.15, 0.2) is 10.6 Å². The van der Waals surface area contributed by atoms with E-state index in [1.165, 1.54) is 0 Å². The lowest BCUT2D eigenvalue weighted by Gasteiger charge is -2.20. The van der Waals surface area contributed by atoms with E-state index in [9.17, 15) is 4.79 Å². The summed E-state index contributed by atoms with van der Waals surface area (Å²) < 4.78 is 11.1. The minimum absolute atomic E-state index is 0.0632. The Morgan fingerprint density at radius 1 is 1.30 bits per heavy atom. The molecule has 3 fully saturated rings. The Bertz CT molecular complexity index is 796. The van der Waals surface area contributed by atoms with Crippen LogP contribution in [0.1, 0.15) is 59.8 Å². The van der Waals surface area contributed by atoms with Crippen LogP contribution in [0, 0.1) is 6.92 Å². The third kappa shape index (κ3) is 2.16. The van der Waals surface area contributed by atoms with E-state index in [0.717, 1.165) is 43.2 Å². The Labute approximate surface area is 133 Å². The van der Waals surface area contributed by atoms with Gasteiger partial charge in [0.15, 0.2) is 0 Å². The number of ether oxygens (including phenoxy) is 1. The molecule has 1 aliphatic carbocycles. The third-order valence-corrected chi connectivity index (χ3v) is 5.30. The second-order valence-corrected chi connectivity index (χ2v) is 7.01. The van der Waals surface area contributed by atoms with Crippen molar-refractivity contribution >= 4 is 17.0 Å². The van der Waals surface area contributed by atoms with Crippen molar-refractivity contribution in [3.05, 3.63) is 23.0 Å². The summed E-state index contributed by atoms with van der Waals surface area (Å²) in [4.78, 5) is 17.4. The van der Waals surface area contributed by atoms with Gasteiger partial charge in [0.05, 0.1) is 34.9 Å². The maximum absolute atomic E-state index is 12.9. The molecule has 2 aromatic heterocycles. The molecule has 120 valence electrons. The highest BCUT2D eigenvalue weighted by Crippen LogP contribution is 2.40. The quantitative estimate of drug-likeness (QED) is 0.942. The Morgan fingerprint density at radius 2 is 2.17 bits per heavy atom. The summed E-state index contributed by atoms with van der Waals surface area (Å²) in [6.07, 6.45) is 5.84. The van der Waals surface area contributed by atoms with Crippen LogP contribution in [0.3, 0.4) is 0 Å². The number of aromatic nitrogens is 2. The predicted octanol–water partition coefficient (Wildman–Crippen LogP) is 2.46. The molecule has 0 unspecified atom stereocenters. The highest BCUT2D eigenvalue weighted by atomic mass is 16.5. The van der Waals surface area contributed by atoms with Crippen molar-refractivity contribution in [2.45, 2.75) is 63.2 Å². The molecule has 0 aromatic carbocycles. The molecular formula is C17H19N3O3. The predicted molar refractivity (Wildman–Crippen MR) is 82.3 cm³/mol. The number of amides is 1. The van der Waals surface area contributed by atoms with Crippen molar-refractivity contribution in [1.29, 1.82) is 0 Å². The van der Waals surface area contributed by atoms with Crippen molar-refractivity contribution in [2.75, 3.05) is 0 Å². The van der Waals surface area contributed by atoms with Crippen LogP contribution in [0.5, 0.6) is 0 Å². The Kier molecular flexibility index (Phi) is 2.80. The van der Waals surface area contributed by atoms with Gasteiger partial charge in [-0.2, -0.15) is 0 Å². The fraction of sp³-hybridized carbons (Fsp3) is 0.588. The van der Waals surface area contributed by atoms with Gasteiger partial charge in [0.2, 0.25) is 0 Å². The van der Waals surface area contributed by atoms with Gasteiger partial charge in [0.1, 0.15) is 0 Å². The highest BCUT2D eigenvalue weighted by Gasteiger charge is 2.41. The van der Waals surface area contributed by atoms with Crippen molar-refractivity contribution in [1.82, 2.24) is 15.5 Å². The van der Waals surface area contributed by atoms with E-state index in [-0.39, 0.29) is 18.1 Å². The molecule has 5 rings (SSSR count). The molecule has 23 heavy (non-hydrogen) atoms. The van der Waals surface area contributed by atoms with Crippen LogP contribution < -0.4 is 5.32 Å². The molecule has 2 aliphatic heterocycles. The van der Waals surface area contributed by atoms with Crippen LogP contribution in [0.4, 0.5) is 0 Å². The molecule has 3 atom stereocenters. The van der Waals surface area contributed by atoms with Crippen molar-refractivity contribution in [3.8, 4) is 0 Å². The number of rotatable bonds is 3. The number of nitrogens with one attached hydrogen (secondary N) is 1. The molecule has 1 N–H and O–H groups in total. The molecule has 3 aliphatic rings. The molecule has 0 spiro atoms. The number of nitrogens with zero attached hydrogens (tertiary/aromatic N) is 2. The zero-order valence-corrected chi connectivity index (χ0v) is 13.0. The summed E-state index contributed by atoms with van der Waals surface area (Å²) in [5.74, 6) is 0.397. The number of carbonyl (C=O) groups is 1. The van der Waals surface area contributed by atoms with Crippen LogP contribution in [-0.2, 0) is 4.74 Å². The van der Waals surface area contributed by atoms with Crippen molar-refractivity contribution < 1.29 is 14.1 Å². The number of pyridine rings is 1. The molecule has 4 heterocycles. The number of fused-ring (bicyclic) bond motifs is 3. The monoisotopic (exact) mass is 313 g/mol. The first kappa shape index (κ1) is 13.5. The van der Waals surface area contributed by atoms with Crippen LogP contribution in [-0.4, -0.2) is 34.3 Å². The van der Waals surface area contributed by atoms with Crippen LogP contribution in [0.25, 0.3) is 11.1 Å². The number of aryl methyl sites for hydroxylation is 1. The van der Waals surface area contributed by atoms with Gasteiger partial charge in [-0.15, -0.1) is 0 Å².